The maximum absolute atomic E-state index is 8.85. The van der Waals surface area contributed by atoms with Crippen LogP contribution in [0.5, 0.6) is 0 Å². The van der Waals surface area contributed by atoms with Crippen molar-refractivity contribution in [2.45, 2.75) is 19.9 Å². The highest BCUT2D eigenvalue weighted by Crippen LogP contribution is 2.24. The Kier molecular flexibility index (Phi) is 3.84. The van der Waals surface area contributed by atoms with Gasteiger partial charge in [-0.25, -0.2) is 4.68 Å². The summed E-state index contributed by atoms with van der Waals surface area (Å²) >= 11 is 0. The average Bonchev–Trinajstić information content (AvgIpc) is 3.13. The second-order valence-corrected chi connectivity index (χ2v) is 4.91. The molecule has 0 unspecified atom stereocenters. The van der Waals surface area contributed by atoms with Crippen LogP contribution in [0.25, 0.3) is 23.0 Å². The number of benzene rings is 1. The highest BCUT2D eigenvalue weighted by atomic mass is 16.5. The third-order valence-electron chi connectivity index (χ3n) is 3.24. The first kappa shape index (κ1) is 14.2. The van der Waals surface area contributed by atoms with Crippen molar-refractivity contribution in [1.29, 1.82) is 0 Å². The molecule has 0 atom stereocenters. The zero-order valence-electron chi connectivity index (χ0n) is 12.1. The maximum Gasteiger partial charge on any atom is 0.282 e. The van der Waals surface area contributed by atoms with E-state index in [9.17, 15) is 0 Å². The summed E-state index contributed by atoms with van der Waals surface area (Å²) in [4.78, 5) is 4.31. The molecule has 0 amide bonds. The highest BCUT2D eigenvalue weighted by Gasteiger charge is 2.18. The molecule has 0 bridgehead atoms. The molecule has 0 spiro atoms. The second-order valence-electron chi connectivity index (χ2n) is 4.91. The fraction of sp³-hybridized carbons (Fsp3) is 0.286. The van der Waals surface area contributed by atoms with E-state index >= 15 is 0 Å². The highest BCUT2D eigenvalue weighted by molar-refractivity contribution is 5.64. The first-order valence-electron chi connectivity index (χ1n) is 6.90. The van der Waals surface area contributed by atoms with Crippen molar-refractivity contribution < 1.29 is 9.63 Å². The van der Waals surface area contributed by atoms with Crippen LogP contribution in [-0.2, 0) is 6.54 Å². The molecule has 0 saturated heterocycles. The smallest absolute Gasteiger partial charge is 0.282 e. The summed E-state index contributed by atoms with van der Waals surface area (Å²) in [5.74, 6) is 1.04. The summed E-state index contributed by atoms with van der Waals surface area (Å²) in [6, 6.07) is 7.80. The van der Waals surface area contributed by atoms with Gasteiger partial charge < -0.3 is 15.4 Å². The normalized spacial score (nSPS) is 11.0. The van der Waals surface area contributed by atoms with Crippen LogP contribution in [0.15, 0.2) is 28.8 Å². The van der Waals surface area contributed by atoms with E-state index in [0.29, 0.717) is 30.3 Å². The third-order valence-corrected chi connectivity index (χ3v) is 3.24. The van der Waals surface area contributed by atoms with E-state index in [-0.39, 0.29) is 12.5 Å². The van der Waals surface area contributed by atoms with Gasteiger partial charge in [0.1, 0.15) is 0 Å². The largest absolute Gasteiger partial charge is 0.396 e. The fourth-order valence-corrected chi connectivity index (χ4v) is 2.00. The lowest BCUT2D eigenvalue weighted by Gasteiger charge is -1.99. The van der Waals surface area contributed by atoms with E-state index in [1.165, 1.54) is 4.68 Å². The molecule has 0 fully saturated rings. The van der Waals surface area contributed by atoms with Gasteiger partial charge in [0, 0.05) is 18.7 Å². The molecule has 3 rings (SSSR count). The number of aryl methyl sites for hydroxylation is 2. The maximum atomic E-state index is 8.85. The number of aliphatic hydroxyl groups is 1. The molecule has 0 aliphatic heterocycles. The summed E-state index contributed by atoms with van der Waals surface area (Å²) in [5.41, 5.74) is 8.33. The minimum Gasteiger partial charge on any atom is -0.396 e. The second kappa shape index (κ2) is 5.94. The molecule has 8 nitrogen and oxygen atoms in total. The van der Waals surface area contributed by atoms with E-state index < -0.39 is 0 Å². The molecule has 3 aromatic rings. The minimum atomic E-state index is 0.0623. The van der Waals surface area contributed by atoms with Gasteiger partial charge in [0.05, 0.1) is 0 Å². The number of nitrogens with two attached hydrogens (primary N) is 1. The molecule has 22 heavy (non-hydrogen) atoms. The van der Waals surface area contributed by atoms with Gasteiger partial charge in [-0.2, -0.15) is 4.98 Å². The van der Waals surface area contributed by atoms with Gasteiger partial charge in [-0.1, -0.05) is 40.2 Å². The summed E-state index contributed by atoms with van der Waals surface area (Å²) in [7, 11) is 0. The Morgan fingerprint density at radius 2 is 2.05 bits per heavy atom. The molecule has 2 heterocycles. The molecular weight excluding hydrogens is 284 g/mol. The molecular formula is C14H16N6O2. The van der Waals surface area contributed by atoms with Gasteiger partial charge in [-0.3, -0.25) is 0 Å². The van der Waals surface area contributed by atoms with E-state index in [0.717, 1.165) is 11.1 Å². The number of hydrogen-bond donors (Lipinski definition) is 2. The van der Waals surface area contributed by atoms with Crippen molar-refractivity contribution in [2.24, 2.45) is 0 Å². The van der Waals surface area contributed by atoms with Gasteiger partial charge in [0.25, 0.3) is 5.89 Å². The number of anilines is 1. The quantitative estimate of drug-likeness (QED) is 0.728. The monoisotopic (exact) mass is 300 g/mol. The van der Waals surface area contributed by atoms with Gasteiger partial charge in [-0.05, 0) is 13.3 Å². The van der Waals surface area contributed by atoms with Crippen molar-refractivity contribution in [2.75, 3.05) is 12.3 Å². The first-order valence-corrected chi connectivity index (χ1v) is 6.90. The summed E-state index contributed by atoms with van der Waals surface area (Å²) in [5, 5.41) is 20.7. The predicted octanol–water partition coefficient (Wildman–Crippen LogP) is 1.27. The molecule has 0 radical (unpaired) electrons. The number of rotatable bonds is 5. The Morgan fingerprint density at radius 1 is 1.27 bits per heavy atom. The van der Waals surface area contributed by atoms with Gasteiger partial charge in [0.15, 0.2) is 11.5 Å². The summed E-state index contributed by atoms with van der Waals surface area (Å²) in [6.45, 7) is 2.55. The van der Waals surface area contributed by atoms with Crippen molar-refractivity contribution in [1.82, 2.24) is 25.1 Å². The fourth-order valence-electron chi connectivity index (χ4n) is 2.00. The predicted molar refractivity (Wildman–Crippen MR) is 79.6 cm³/mol. The Morgan fingerprint density at radius 3 is 2.77 bits per heavy atom. The molecule has 1 aromatic carbocycles. The Labute approximate surface area is 126 Å². The van der Waals surface area contributed by atoms with Crippen LogP contribution in [-0.4, -0.2) is 36.8 Å². The molecule has 8 heteroatoms. The molecule has 2 aromatic heterocycles. The SMILES string of the molecule is Cc1ccc(-c2noc(-c3nnn(CCCO)c3N)n2)cc1. The van der Waals surface area contributed by atoms with Gasteiger partial charge >= 0.3 is 0 Å². The lowest BCUT2D eigenvalue weighted by Crippen LogP contribution is -2.06. The zero-order valence-corrected chi connectivity index (χ0v) is 12.1. The zero-order chi connectivity index (χ0) is 15.5. The van der Waals surface area contributed by atoms with Gasteiger partial charge in [-0.15, -0.1) is 5.10 Å². The molecule has 114 valence electrons. The average molecular weight is 300 g/mol. The molecule has 0 aliphatic rings. The molecule has 0 saturated carbocycles. The standard InChI is InChI=1S/C14H16N6O2/c1-9-3-5-10(6-4-9)13-16-14(22-18-13)11-12(15)20(19-17-11)7-2-8-21/h3-6,21H,2,7-8,15H2,1H3. The van der Waals surface area contributed by atoms with Crippen molar-refractivity contribution in [3.8, 4) is 23.0 Å². The number of nitrogen functional groups attached to an aromatic ring is 1. The third kappa shape index (κ3) is 2.68. The van der Waals surface area contributed by atoms with Crippen molar-refractivity contribution >= 4 is 5.82 Å². The Bertz CT molecular complexity index is 762. The molecule has 0 aliphatic carbocycles. The van der Waals surface area contributed by atoms with E-state index in [2.05, 4.69) is 20.5 Å². The number of nitrogens with zero attached hydrogens (tertiary/aromatic N) is 5. The Balaban J connectivity index is 1.87. The van der Waals surface area contributed by atoms with Crippen LogP contribution in [0.3, 0.4) is 0 Å². The van der Waals surface area contributed by atoms with Crippen molar-refractivity contribution in [3.05, 3.63) is 29.8 Å². The van der Waals surface area contributed by atoms with Gasteiger partial charge in [0.2, 0.25) is 5.82 Å². The number of aromatic nitrogens is 5. The van der Waals surface area contributed by atoms with Crippen LogP contribution >= 0.6 is 0 Å². The van der Waals surface area contributed by atoms with E-state index in [1.807, 2.05) is 31.2 Å². The van der Waals surface area contributed by atoms with Crippen LogP contribution in [0.4, 0.5) is 5.82 Å². The Hall–Kier alpha value is -2.74. The van der Waals surface area contributed by atoms with E-state index in [1.54, 1.807) is 0 Å². The first-order chi connectivity index (χ1) is 10.7. The number of aliphatic hydroxyl groups excluding tert-OH is 1. The summed E-state index contributed by atoms with van der Waals surface area (Å²) < 4.78 is 6.73. The van der Waals surface area contributed by atoms with Crippen LogP contribution in [0.1, 0.15) is 12.0 Å². The molecule has 3 N–H and O–H groups in total. The van der Waals surface area contributed by atoms with Crippen molar-refractivity contribution in [3.63, 3.8) is 0 Å². The van der Waals surface area contributed by atoms with Crippen LogP contribution < -0.4 is 5.73 Å². The lowest BCUT2D eigenvalue weighted by molar-refractivity contribution is 0.277. The lowest BCUT2D eigenvalue weighted by atomic mass is 10.1. The van der Waals surface area contributed by atoms with E-state index in [4.69, 9.17) is 15.4 Å². The van der Waals surface area contributed by atoms with Crippen LogP contribution in [0, 0.1) is 6.92 Å². The minimum absolute atomic E-state index is 0.0623. The number of hydrogen-bond acceptors (Lipinski definition) is 7. The summed E-state index contributed by atoms with van der Waals surface area (Å²) in [6.07, 6.45) is 0.547. The topological polar surface area (TPSA) is 116 Å². The van der Waals surface area contributed by atoms with Crippen LogP contribution in [0.2, 0.25) is 0 Å².